The number of ether oxygens (including phenoxy) is 2. The zero-order valence-corrected chi connectivity index (χ0v) is 16.2. The first-order valence-electron chi connectivity index (χ1n) is 9.00. The lowest BCUT2D eigenvalue weighted by atomic mass is 10.1. The fourth-order valence-corrected chi connectivity index (χ4v) is 2.51. The second-order valence-electron chi connectivity index (χ2n) is 6.16. The number of benzene rings is 2. The Morgan fingerprint density at radius 1 is 1.00 bits per heavy atom. The van der Waals surface area contributed by atoms with E-state index in [4.69, 9.17) is 4.74 Å². The van der Waals surface area contributed by atoms with Crippen LogP contribution in [0.3, 0.4) is 0 Å². The van der Waals surface area contributed by atoms with Crippen LogP contribution in [-0.2, 0) is 30.3 Å². The van der Waals surface area contributed by atoms with Crippen molar-refractivity contribution in [2.45, 2.75) is 12.5 Å². The Bertz CT molecular complexity index is 903. The summed E-state index contributed by atoms with van der Waals surface area (Å²) in [6.07, 6.45) is 0.200. The van der Waals surface area contributed by atoms with Crippen molar-refractivity contribution < 1.29 is 33.0 Å². The van der Waals surface area contributed by atoms with Crippen molar-refractivity contribution in [2.24, 2.45) is 0 Å². The van der Waals surface area contributed by atoms with E-state index in [0.717, 1.165) is 11.6 Å². The Balaban J connectivity index is 1.80. The van der Waals surface area contributed by atoms with Crippen molar-refractivity contribution in [3.05, 3.63) is 71.5 Å². The smallest absolute Gasteiger partial charge is 0.328 e. The summed E-state index contributed by atoms with van der Waals surface area (Å²) >= 11 is 0. The third-order valence-electron chi connectivity index (χ3n) is 3.98. The van der Waals surface area contributed by atoms with Gasteiger partial charge in [0.05, 0.1) is 12.7 Å². The molecule has 0 saturated heterocycles. The van der Waals surface area contributed by atoms with E-state index >= 15 is 0 Å². The van der Waals surface area contributed by atoms with Crippen LogP contribution in [0.1, 0.15) is 15.9 Å². The fourth-order valence-electron chi connectivity index (χ4n) is 2.51. The van der Waals surface area contributed by atoms with Crippen molar-refractivity contribution in [1.29, 1.82) is 0 Å². The van der Waals surface area contributed by atoms with E-state index in [9.17, 15) is 23.6 Å². The standard InChI is InChI=1S/C21H21FN2O6/c1-29-21(28)17(11-14-7-3-2-4-8-14)24-18(25)13-30-19(26)12-23-20(27)15-9-5-6-10-16(15)22/h2-10,17H,11-13H2,1H3,(H,23,27)(H,24,25)/t17-/m1/s1. The first kappa shape index (κ1) is 22.5. The van der Waals surface area contributed by atoms with Crippen molar-refractivity contribution in [3.63, 3.8) is 0 Å². The molecule has 0 aliphatic heterocycles. The molecule has 0 aliphatic rings. The molecular weight excluding hydrogens is 395 g/mol. The summed E-state index contributed by atoms with van der Waals surface area (Å²) < 4.78 is 23.0. The third-order valence-corrected chi connectivity index (χ3v) is 3.98. The Morgan fingerprint density at radius 3 is 2.33 bits per heavy atom. The average Bonchev–Trinajstić information content (AvgIpc) is 2.76. The number of esters is 2. The molecule has 158 valence electrons. The maximum Gasteiger partial charge on any atom is 0.328 e. The van der Waals surface area contributed by atoms with Gasteiger partial charge in [-0.2, -0.15) is 0 Å². The molecular formula is C21H21FN2O6. The number of halogens is 1. The third kappa shape index (κ3) is 7.01. The second-order valence-corrected chi connectivity index (χ2v) is 6.16. The van der Waals surface area contributed by atoms with Crippen LogP contribution < -0.4 is 10.6 Å². The maximum atomic E-state index is 13.5. The van der Waals surface area contributed by atoms with Gasteiger partial charge >= 0.3 is 11.9 Å². The van der Waals surface area contributed by atoms with Gasteiger partial charge in [0, 0.05) is 6.42 Å². The highest BCUT2D eigenvalue weighted by atomic mass is 19.1. The maximum absolute atomic E-state index is 13.5. The summed E-state index contributed by atoms with van der Waals surface area (Å²) in [5, 5.41) is 4.65. The monoisotopic (exact) mass is 416 g/mol. The largest absolute Gasteiger partial charge is 0.467 e. The van der Waals surface area contributed by atoms with Crippen molar-refractivity contribution >= 4 is 23.8 Å². The van der Waals surface area contributed by atoms with Gasteiger partial charge in [0.15, 0.2) is 6.61 Å². The van der Waals surface area contributed by atoms with Gasteiger partial charge < -0.3 is 20.1 Å². The zero-order chi connectivity index (χ0) is 21.9. The van der Waals surface area contributed by atoms with Gasteiger partial charge in [-0.15, -0.1) is 0 Å². The Kier molecular flexibility index (Phi) is 8.49. The molecule has 0 spiro atoms. The average molecular weight is 416 g/mol. The van der Waals surface area contributed by atoms with E-state index < -0.39 is 48.8 Å². The number of hydrogen-bond acceptors (Lipinski definition) is 6. The molecule has 2 amide bonds. The molecule has 30 heavy (non-hydrogen) atoms. The number of nitrogens with one attached hydrogen (secondary N) is 2. The lowest BCUT2D eigenvalue weighted by molar-refractivity contribution is -0.149. The second kappa shape index (κ2) is 11.3. The van der Waals surface area contributed by atoms with E-state index in [1.165, 1.54) is 25.3 Å². The number of methoxy groups -OCH3 is 1. The molecule has 2 rings (SSSR count). The van der Waals surface area contributed by atoms with Crippen molar-refractivity contribution in [1.82, 2.24) is 10.6 Å². The van der Waals surface area contributed by atoms with Gasteiger partial charge in [0.2, 0.25) is 0 Å². The summed E-state index contributed by atoms with van der Waals surface area (Å²) in [4.78, 5) is 47.5. The molecule has 0 fully saturated rings. The summed E-state index contributed by atoms with van der Waals surface area (Å²) in [5.41, 5.74) is 0.589. The van der Waals surface area contributed by atoms with E-state index in [2.05, 4.69) is 15.4 Å². The van der Waals surface area contributed by atoms with E-state index in [1.54, 1.807) is 24.3 Å². The van der Waals surface area contributed by atoms with E-state index in [-0.39, 0.29) is 12.0 Å². The lowest BCUT2D eigenvalue weighted by Gasteiger charge is -2.16. The van der Waals surface area contributed by atoms with Crippen LogP contribution in [-0.4, -0.2) is 50.1 Å². The SMILES string of the molecule is COC(=O)[C@@H](Cc1ccccc1)NC(=O)COC(=O)CNC(=O)c1ccccc1F. The molecule has 0 saturated carbocycles. The van der Waals surface area contributed by atoms with E-state index in [1.807, 2.05) is 6.07 Å². The molecule has 2 aromatic rings. The minimum atomic E-state index is -0.954. The van der Waals surface area contributed by atoms with Crippen LogP contribution in [0.15, 0.2) is 54.6 Å². The van der Waals surface area contributed by atoms with Gasteiger partial charge in [-0.25, -0.2) is 9.18 Å². The fraction of sp³-hybridized carbons (Fsp3) is 0.238. The minimum absolute atomic E-state index is 0.200. The predicted octanol–water partition coefficient (Wildman–Crippen LogP) is 0.999. The summed E-state index contributed by atoms with van der Waals surface area (Å²) in [7, 11) is 1.20. The molecule has 2 aromatic carbocycles. The predicted molar refractivity (Wildman–Crippen MR) is 104 cm³/mol. The topological polar surface area (TPSA) is 111 Å². The number of amides is 2. The van der Waals surface area contributed by atoms with Gasteiger partial charge in [-0.1, -0.05) is 42.5 Å². The molecule has 0 radical (unpaired) electrons. The molecule has 0 heterocycles. The normalized spacial score (nSPS) is 11.1. The van der Waals surface area contributed by atoms with Crippen LogP contribution in [0, 0.1) is 5.82 Å². The molecule has 0 bridgehead atoms. The number of rotatable bonds is 9. The molecule has 0 aromatic heterocycles. The summed E-state index contributed by atoms with van der Waals surface area (Å²) in [5.74, 6) is -3.77. The highest BCUT2D eigenvalue weighted by molar-refractivity contribution is 5.96. The van der Waals surface area contributed by atoms with Gasteiger partial charge in [-0.3, -0.25) is 14.4 Å². The number of carbonyl (C=O) groups excluding carboxylic acids is 4. The summed E-state index contributed by atoms with van der Waals surface area (Å²) in [6.45, 7) is -1.21. The summed E-state index contributed by atoms with van der Waals surface area (Å²) in [6, 6.07) is 13.3. The minimum Gasteiger partial charge on any atom is -0.467 e. The van der Waals surface area contributed by atoms with Crippen LogP contribution in [0.25, 0.3) is 0 Å². The molecule has 9 heteroatoms. The van der Waals surface area contributed by atoms with E-state index in [0.29, 0.717) is 0 Å². The van der Waals surface area contributed by atoms with Crippen LogP contribution in [0.4, 0.5) is 4.39 Å². The van der Waals surface area contributed by atoms with Gasteiger partial charge in [0.1, 0.15) is 18.4 Å². The van der Waals surface area contributed by atoms with Crippen molar-refractivity contribution in [3.8, 4) is 0 Å². The molecule has 2 N–H and O–H groups in total. The first-order valence-corrected chi connectivity index (χ1v) is 9.00. The zero-order valence-electron chi connectivity index (χ0n) is 16.2. The molecule has 8 nitrogen and oxygen atoms in total. The van der Waals surface area contributed by atoms with Gasteiger partial charge in [-0.05, 0) is 17.7 Å². The number of hydrogen-bond donors (Lipinski definition) is 2. The Morgan fingerprint density at radius 2 is 1.67 bits per heavy atom. The molecule has 0 aliphatic carbocycles. The van der Waals surface area contributed by atoms with Crippen LogP contribution in [0.5, 0.6) is 0 Å². The Labute approximate surface area is 172 Å². The first-order chi connectivity index (χ1) is 14.4. The van der Waals surface area contributed by atoms with Gasteiger partial charge in [0.25, 0.3) is 11.8 Å². The lowest BCUT2D eigenvalue weighted by Crippen LogP contribution is -2.45. The highest BCUT2D eigenvalue weighted by Crippen LogP contribution is 2.06. The molecule has 0 unspecified atom stereocenters. The van der Waals surface area contributed by atoms with Crippen LogP contribution in [0.2, 0.25) is 0 Å². The number of carbonyl (C=O) groups is 4. The van der Waals surface area contributed by atoms with Crippen molar-refractivity contribution in [2.75, 3.05) is 20.3 Å². The van der Waals surface area contributed by atoms with Crippen LogP contribution >= 0.6 is 0 Å². The quantitative estimate of drug-likeness (QED) is 0.590. The highest BCUT2D eigenvalue weighted by Gasteiger charge is 2.22. The molecule has 1 atom stereocenters. The Hall–Kier alpha value is -3.75.